The van der Waals surface area contributed by atoms with Crippen molar-refractivity contribution in [3.05, 3.63) is 17.5 Å². The summed E-state index contributed by atoms with van der Waals surface area (Å²) in [5, 5.41) is 6.00. The number of nitrogens with one attached hydrogen (secondary N) is 2. The van der Waals surface area contributed by atoms with Crippen molar-refractivity contribution in [1.82, 2.24) is 15.3 Å². The molecule has 0 saturated heterocycles. The van der Waals surface area contributed by atoms with E-state index in [2.05, 4.69) is 34.4 Å². The minimum atomic E-state index is -0.379. The molecule has 0 spiro atoms. The number of amides is 1. The van der Waals surface area contributed by atoms with Crippen molar-refractivity contribution in [2.45, 2.75) is 66.0 Å². The molecule has 5 heteroatoms. The number of hydrogen-bond donors (Lipinski definition) is 2. The zero-order chi connectivity index (χ0) is 15.5. The molecule has 0 aliphatic carbocycles. The van der Waals surface area contributed by atoms with E-state index in [0.717, 1.165) is 11.4 Å². The van der Waals surface area contributed by atoms with Gasteiger partial charge < -0.3 is 10.6 Å². The molecule has 0 aromatic carbocycles. The number of nitrogens with zero attached hydrogens (tertiary/aromatic N) is 2. The number of aryl methyl sites for hydroxylation is 1. The molecule has 0 aliphatic heterocycles. The van der Waals surface area contributed by atoms with Crippen LogP contribution in [-0.4, -0.2) is 27.5 Å². The van der Waals surface area contributed by atoms with Gasteiger partial charge in [-0.1, -0.05) is 13.8 Å². The molecule has 1 atom stereocenters. The molecule has 1 amide bonds. The summed E-state index contributed by atoms with van der Waals surface area (Å²) in [6.45, 7) is 13.8. The van der Waals surface area contributed by atoms with E-state index in [-0.39, 0.29) is 17.5 Å². The van der Waals surface area contributed by atoms with Gasteiger partial charge in [0.05, 0.1) is 0 Å². The quantitative estimate of drug-likeness (QED) is 0.888. The fourth-order valence-corrected chi connectivity index (χ4v) is 1.69. The molecule has 0 saturated carbocycles. The van der Waals surface area contributed by atoms with Crippen LogP contribution in [-0.2, 0) is 4.79 Å². The summed E-state index contributed by atoms with van der Waals surface area (Å²) in [5.41, 5.74) is 1.63. The highest BCUT2D eigenvalue weighted by molar-refractivity contribution is 5.84. The fraction of sp³-hybridized carbons (Fsp3) is 0.667. The Morgan fingerprint density at radius 2 is 1.80 bits per heavy atom. The molecule has 0 aliphatic rings. The third-order valence-electron chi connectivity index (χ3n) is 2.70. The monoisotopic (exact) mass is 278 g/mol. The third kappa shape index (κ3) is 5.15. The first kappa shape index (κ1) is 16.4. The summed E-state index contributed by atoms with van der Waals surface area (Å²) >= 11 is 0. The van der Waals surface area contributed by atoms with E-state index in [1.807, 2.05) is 40.7 Å². The first-order valence-corrected chi connectivity index (χ1v) is 7.02. The van der Waals surface area contributed by atoms with Crippen LogP contribution in [0.5, 0.6) is 0 Å². The SMILES string of the molecule is Cc1cc(C(C)C)nc(NC(C)C(=O)NC(C)(C)C)n1. The molecular weight excluding hydrogens is 252 g/mol. The van der Waals surface area contributed by atoms with E-state index in [1.165, 1.54) is 0 Å². The van der Waals surface area contributed by atoms with E-state index in [0.29, 0.717) is 11.9 Å². The first-order valence-electron chi connectivity index (χ1n) is 7.02. The average molecular weight is 278 g/mol. The zero-order valence-electron chi connectivity index (χ0n) is 13.5. The van der Waals surface area contributed by atoms with Gasteiger partial charge in [-0.3, -0.25) is 4.79 Å². The maximum absolute atomic E-state index is 12.0. The molecule has 20 heavy (non-hydrogen) atoms. The van der Waals surface area contributed by atoms with Crippen LogP contribution in [0.1, 0.15) is 58.8 Å². The van der Waals surface area contributed by atoms with Crippen molar-refractivity contribution in [2.75, 3.05) is 5.32 Å². The second kappa shape index (κ2) is 6.20. The second-order valence-corrected chi connectivity index (χ2v) is 6.52. The Labute approximate surface area is 121 Å². The van der Waals surface area contributed by atoms with Crippen molar-refractivity contribution in [3.63, 3.8) is 0 Å². The topological polar surface area (TPSA) is 66.9 Å². The lowest BCUT2D eigenvalue weighted by Gasteiger charge is -2.23. The number of carbonyl (C=O) groups excluding carboxylic acids is 1. The summed E-state index contributed by atoms with van der Waals surface area (Å²) in [7, 11) is 0. The molecule has 0 radical (unpaired) electrons. The van der Waals surface area contributed by atoms with Crippen molar-refractivity contribution in [2.24, 2.45) is 0 Å². The normalized spacial score (nSPS) is 13.2. The van der Waals surface area contributed by atoms with Gasteiger partial charge in [0.2, 0.25) is 11.9 Å². The van der Waals surface area contributed by atoms with Crippen LogP contribution in [0.2, 0.25) is 0 Å². The Bertz CT molecular complexity index is 477. The summed E-state index contributed by atoms with van der Waals surface area (Å²) in [6.07, 6.45) is 0. The Kier molecular flexibility index (Phi) is 5.09. The van der Waals surface area contributed by atoms with Crippen molar-refractivity contribution in [1.29, 1.82) is 0 Å². The van der Waals surface area contributed by atoms with Crippen molar-refractivity contribution < 1.29 is 4.79 Å². The largest absolute Gasteiger partial charge is 0.350 e. The summed E-state index contributed by atoms with van der Waals surface area (Å²) in [4.78, 5) is 20.8. The molecule has 0 fully saturated rings. The van der Waals surface area contributed by atoms with Gasteiger partial charge in [0.15, 0.2) is 0 Å². The molecule has 1 rings (SSSR count). The van der Waals surface area contributed by atoms with Gasteiger partial charge in [0, 0.05) is 16.9 Å². The van der Waals surface area contributed by atoms with Crippen LogP contribution >= 0.6 is 0 Å². The number of carbonyl (C=O) groups is 1. The highest BCUT2D eigenvalue weighted by Gasteiger charge is 2.20. The van der Waals surface area contributed by atoms with Crippen LogP contribution < -0.4 is 10.6 Å². The van der Waals surface area contributed by atoms with Crippen LogP contribution in [0.15, 0.2) is 6.07 Å². The number of hydrogen-bond acceptors (Lipinski definition) is 4. The van der Waals surface area contributed by atoms with Crippen LogP contribution in [0, 0.1) is 6.92 Å². The van der Waals surface area contributed by atoms with Gasteiger partial charge >= 0.3 is 0 Å². The second-order valence-electron chi connectivity index (χ2n) is 6.52. The molecular formula is C15H26N4O. The standard InChI is InChI=1S/C15H26N4O/c1-9(2)12-8-10(3)16-14(18-12)17-11(4)13(20)19-15(5,6)7/h8-9,11H,1-7H3,(H,19,20)(H,16,17,18). The summed E-state index contributed by atoms with van der Waals surface area (Å²) in [5.74, 6) is 0.773. The van der Waals surface area contributed by atoms with Gasteiger partial charge in [-0.15, -0.1) is 0 Å². The minimum absolute atomic E-state index is 0.0614. The van der Waals surface area contributed by atoms with E-state index < -0.39 is 0 Å². The lowest BCUT2D eigenvalue weighted by Crippen LogP contribution is -2.47. The first-order chi connectivity index (χ1) is 9.08. The molecule has 1 aromatic heterocycles. The predicted octanol–water partition coefficient (Wildman–Crippen LogP) is 2.62. The molecule has 1 aromatic rings. The Morgan fingerprint density at radius 1 is 1.20 bits per heavy atom. The van der Waals surface area contributed by atoms with Crippen molar-refractivity contribution in [3.8, 4) is 0 Å². The number of aromatic nitrogens is 2. The predicted molar refractivity (Wildman–Crippen MR) is 81.8 cm³/mol. The van der Waals surface area contributed by atoms with Gasteiger partial charge in [-0.05, 0) is 46.6 Å². The smallest absolute Gasteiger partial charge is 0.242 e. The van der Waals surface area contributed by atoms with Crippen LogP contribution in [0.25, 0.3) is 0 Å². The molecule has 0 bridgehead atoms. The zero-order valence-corrected chi connectivity index (χ0v) is 13.5. The summed E-state index contributed by atoms with van der Waals surface area (Å²) in [6, 6.07) is 1.59. The lowest BCUT2D eigenvalue weighted by atomic mass is 10.1. The van der Waals surface area contributed by atoms with Gasteiger partial charge in [-0.25, -0.2) is 9.97 Å². The maximum atomic E-state index is 12.0. The fourth-order valence-electron chi connectivity index (χ4n) is 1.69. The average Bonchev–Trinajstić information content (AvgIpc) is 2.25. The minimum Gasteiger partial charge on any atom is -0.350 e. The highest BCUT2D eigenvalue weighted by atomic mass is 16.2. The number of rotatable bonds is 4. The Balaban J connectivity index is 2.80. The van der Waals surface area contributed by atoms with Crippen LogP contribution in [0.4, 0.5) is 5.95 Å². The van der Waals surface area contributed by atoms with Crippen LogP contribution in [0.3, 0.4) is 0 Å². The van der Waals surface area contributed by atoms with E-state index in [4.69, 9.17) is 0 Å². The molecule has 112 valence electrons. The van der Waals surface area contributed by atoms with E-state index >= 15 is 0 Å². The van der Waals surface area contributed by atoms with Gasteiger partial charge in [0.1, 0.15) is 6.04 Å². The Morgan fingerprint density at radius 3 is 2.30 bits per heavy atom. The molecule has 2 N–H and O–H groups in total. The molecule has 1 heterocycles. The van der Waals surface area contributed by atoms with E-state index in [9.17, 15) is 4.79 Å². The highest BCUT2D eigenvalue weighted by Crippen LogP contribution is 2.15. The number of anilines is 1. The van der Waals surface area contributed by atoms with E-state index in [1.54, 1.807) is 0 Å². The maximum Gasteiger partial charge on any atom is 0.242 e. The van der Waals surface area contributed by atoms with Crippen molar-refractivity contribution >= 4 is 11.9 Å². The third-order valence-corrected chi connectivity index (χ3v) is 2.70. The summed E-state index contributed by atoms with van der Waals surface area (Å²) < 4.78 is 0. The molecule has 1 unspecified atom stereocenters. The molecule has 5 nitrogen and oxygen atoms in total. The Hall–Kier alpha value is -1.65. The van der Waals surface area contributed by atoms with Gasteiger partial charge in [0.25, 0.3) is 0 Å². The lowest BCUT2D eigenvalue weighted by molar-refractivity contribution is -0.122. The van der Waals surface area contributed by atoms with Gasteiger partial charge in [-0.2, -0.15) is 0 Å².